The number of carbonyl (C=O) groups excluding carboxylic acids is 2. The first-order valence-corrected chi connectivity index (χ1v) is 14.1. The number of amides is 2. The van der Waals surface area contributed by atoms with E-state index in [-0.39, 0.29) is 17.4 Å². The topological polar surface area (TPSA) is 70.5 Å². The van der Waals surface area contributed by atoms with Crippen LogP contribution in [-0.2, 0) is 22.6 Å². The van der Waals surface area contributed by atoms with E-state index in [0.717, 1.165) is 49.3 Å². The Morgan fingerprint density at radius 1 is 1.25 bits per heavy atom. The average molecular weight is 562 g/mol. The number of imidazole rings is 1. The molecule has 2 saturated carbocycles. The zero-order valence-electron chi connectivity index (χ0n) is 22.8. The van der Waals surface area contributed by atoms with Gasteiger partial charge in [0.1, 0.15) is 18.1 Å². The van der Waals surface area contributed by atoms with Crippen LogP contribution in [0.4, 0.5) is 17.6 Å². The van der Waals surface area contributed by atoms with Gasteiger partial charge in [-0.1, -0.05) is 12.1 Å². The fourth-order valence-electron chi connectivity index (χ4n) is 8.05. The zero-order chi connectivity index (χ0) is 28.4. The molecule has 2 amide bonds. The van der Waals surface area contributed by atoms with Crippen molar-refractivity contribution in [3.8, 4) is 0 Å². The number of carbonyl (C=O) groups is 2. The van der Waals surface area contributed by atoms with Crippen molar-refractivity contribution in [2.24, 2.45) is 5.41 Å². The molecule has 2 aromatic rings. The molecule has 11 heteroatoms. The van der Waals surface area contributed by atoms with Gasteiger partial charge >= 0.3 is 6.18 Å². The number of aromatic nitrogens is 2. The maximum atomic E-state index is 14.0. The lowest BCUT2D eigenvalue weighted by Gasteiger charge is -2.68. The molecule has 0 radical (unpaired) electrons. The average Bonchev–Trinajstić information content (AvgIpc) is 3.40. The van der Waals surface area contributed by atoms with Gasteiger partial charge in [-0.25, -0.2) is 9.37 Å². The monoisotopic (exact) mass is 561 g/mol. The third kappa shape index (κ3) is 4.69. The molecular weight excluding hydrogens is 526 g/mol. The highest BCUT2D eigenvalue weighted by Gasteiger charge is 2.69. The van der Waals surface area contributed by atoms with E-state index in [4.69, 9.17) is 4.98 Å². The van der Waals surface area contributed by atoms with Crippen molar-refractivity contribution in [2.75, 3.05) is 13.1 Å². The molecule has 5 atom stereocenters. The predicted octanol–water partition coefficient (Wildman–Crippen LogP) is 4.60. The molecular formula is C29H35F4N5O2. The van der Waals surface area contributed by atoms with Crippen molar-refractivity contribution >= 4 is 11.8 Å². The van der Waals surface area contributed by atoms with Crippen LogP contribution < -0.4 is 5.32 Å². The lowest BCUT2D eigenvalue weighted by Crippen LogP contribution is -2.74. The number of piperidine rings is 1. The molecule has 1 aromatic heterocycles. The Labute approximate surface area is 230 Å². The molecule has 2 aliphatic carbocycles. The number of hydrogen-bond acceptors (Lipinski definition) is 4. The van der Waals surface area contributed by atoms with E-state index in [1.54, 1.807) is 13.0 Å². The number of rotatable bonds is 7. The van der Waals surface area contributed by atoms with Crippen molar-refractivity contribution in [2.45, 2.75) is 95.7 Å². The summed E-state index contributed by atoms with van der Waals surface area (Å²) in [6.45, 7) is 5.53. The van der Waals surface area contributed by atoms with Gasteiger partial charge in [0.15, 0.2) is 0 Å². The van der Waals surface area contributed by atoms with Gasteiger partial charge < -0.3 is 14.8 Å². The van der Waals surface area contributed by atoms with E-state index in [1.165, 1.54) is 18.2 Å². The van der Waals surface area contributed by atoms with Gasteiger partial charge in [0, 0.05) is 50.0 Å². The Kier molecular flexibility index (Phi) is 6.71. The zero-order valence-corrected chi connectivity index (χ0v) is 22.8. The maximum absolute atomic E-state index is 14.0. The molecule has 2 aliphatic heterocycles. The van der Waals surface area contributed by atoms with Crippen molar-refractivity contribution in [1.82, 2.24) is 24.7 Å². The van der Waals surface area contributed by atoms with Gasteiger partial charge in [-0.2, -0.15) is 13.2 Å². The first-order valence-electron chi connectivity index (χ1n) is 14.1. The van der Waals surface area contributed by atoms with Crippen LogP contribution in [0.5, 0.6) is 0 Å². The summed E-state index contributed by atoms with van der Waals surface area (Å²) < 4.78 is 54.9. The standard InChI is InChI=1S/C29H35F4N5O2/c1-17-34-23-7-10-36(18(2)39)16-24(23)38(17)21-13-26-28(14-21)9-6-25(28)37(26)11-8-22(19-4-3-5-20(30)12-19)35-27(40)15-29(31,32)33/h3-5,12,21-22,25-26H,6-11,13-16H2,1-2H3,(H,35,40)/t21?,22-,25?,26?,28?/m0/s1. The van der Waals surface area contributed by atoms with Gasteiger partial charge in [-0.05, 0) is 56.7 Å². The summed E-state index contributed by atoms with van der Waals surface area (Å²) in [5.74, 6) is -0.541. The minimum absolute atomic E-state index is 0.0709. The number of nitrogens with one attached hydrogen (secondary N) is 1. The molecule has 216 valence electrons. The summed E-state index contributed by atoms with van der Waals surface area (Å²) in [6.07, 6.45) is -0.774. The summed E-state index contributed by atoms with van der Waals surface area (Å²) in [5, 5.41) is 2.51. The minimum atomic E-state index is -4.61. The van der Waals surface area contributed by atoms with E-state index in [2.05, 4.69) is 14.8 Å². The number of hydrogen-bond donors (Lipinski definition) is 1. The van der Waals surface area contributed by atoms with Crippen LogP contribution in [0.15, 0.2) is 24.3 Å². The van der Waals surface area contributed by atoms with E-state index in [1.807, 2.05) is 11.8 Å². The predicted molar refractivity (Wildman–Crippen MR) is 139 cm³/mol. The Bertz CT molecular complexity index is 1330. The highest BCUT2D eigenvalue weighted by atomic mass is 19.4. The summed E-state index contributed by atoms with van der Waals surface area (Å²) >= 11 is 0. The lowest BCUT2D eigenvalue weighted by molar-refractivity contribution is -0.188. The van der Waals surface area contributed by atoms with Crippen LogP contribution in [0, 0.1) is 18.2 Å². The van der Waals surface area contributed by atoms with E-state index in [0.29, 0.717) is 43.7 Å². The molecule has 6 rings (SSSR count). The number of nitrogens with zero attached hydrogens (tertiary/aromatic N) is 4. The van der Waals surface area contributed by atoms with Gasteiger partial charge in [-0.3, -0.25) is 14.5 Å². The minimum Gasteiger partial charge on any atom is -0.349 e. The Balaban J connectivity index is 1.17. The second kappa shape index (κ2) is 9.85. The van der Waals surface area contributed by atoms with E-state index in [9.17, 15) is 27.2 Å². The molecule has 4 unspecified atom stereocenters. The van der Waals surface area contributed by atoms with Crippen LogP contribution in [0.3, 0.4) is 0 Å². The van der Waals surface area contributed by atoms with Gasteiger partial charge in [0.05, 0.1) is 24.0 Å². The van der Waals surface area contributed by atoms with Gasteiger partial charge in [-0.15, -0.1) is 0 Å². The van der Waals surface area contributed by atoms with Crippen LogP contribution in [0.1, 0.15) is 80.3 Å². The Hall–Kier alpha value is -2.95. The fraction of sp³-hybridized carbons (Fsp3) is 0.621. The van der Waals surface area contributed by atoms with Gasteiger partial charge in [0.25, 0.3) is 0 Å². The Morgan fingerprint density at radius 3 is 2.73 bits per heavy atom. The van der Waals surface area contributed by atoms with Crippen molar-refractivity contribution in [3.63, 3.8) is 0 Å². The van der Waals surface area contributed by atoms with Crippen LogP contribution in [0.2, 0.25) is 0 Å². The largest absolute Gasteiger partial charge is 0.397 e. The normalized spacial score (nSPS) is 28.1. The molecule has 7 nitrogen and oxygen atoms in total. The van der Waals surface area contributed by atoms with E-state index < -0.39 is 30.4 Å². The third-order valence-corrected chi connectivity index (χ3v) is 9.78. The summed E-state index contributed by atoms with van der Waals surface area (Å²) in [7, 11) is 0. The van der Waals surface area contributed by atoms with Crippen molar-refractivity contribution < 1.29 is 27.2 Å². The molecule has 3 fully saturated rings. The molecule has 1 aromatic carbocycles. The molecule has 4 aliphatic rings. The number of alkyl halides is 3. The first kappa shape index (κ1) is 27.2. The van der Waals surface area contributed by atoms with Crippen LogP contribution in [0.25, 0.3) is 0 Å². The Morgan fingerprint density at radius 2 is 2.05 bits per heavy atom. The van der Waals surface area contributed by atoms with Crippen LogP contribution >= 0.6 is 0 Å². The highest BCUT2D eigenvalue weighted by molar-refractivity contribution is 5.77. The van der Waals surface area contributed by atoms with E-state index >= 15 is 0 Å². The molecule has 0 bridgehead atoms. The molecule has 1 saturated heterocycles. The van der Waals surface area contributed by atoms with Crippen LogP contribution in [-0.4, -0.2) is 62.5 Å². The fourth-order valence-corrected chi connectivity index (χ4v) is 8.05. The summed E-state index contributed by atoms with van der Waals surface area (Å²) in [5.41, 5.74) is 2.93. The quantitative estimate of drug-likeness (QED) is 0.502. The second-order valence-electron chi connectivity index (χ2n) is 12.0. The third-order valence-electron chi connectivity index (χ3n) is 9.78. The second-order valence-corrected chi connectivity index (χ2v) is 12.0. The number of halogens is 4. The highest BCUT2D eigenvalue weighted by Crippen LogP contribution is 2.67. The lowest BCUT2D eigenvalue weighted by atomic mass is 9.53. The first-order chi connectivity index (χ1) is 18.9. The molecule has 1 spiro atoms. The SMILES string of the molecule is CC(=O)N1CCc2nc(C)n(C3CC4N(CC[C@H](NC(=O)CC(F)(F)F)c5cccc(F)c5)C5CCC54C3)c2C1. The summed E-state index contributed by atoms with van der Waals surface area (Å²) in [4.78, 5) is 33.4. The van der Waals surface area contributed by atoms with Crippen molar-refractivity contribution in [1.29, 1.82) is 0 Å². The number of likely N-dealkylation sites (tertiary alicyclic amines) is 1. The summed E-state index contributed by atoms with van der Waals surface area (Å²) in [6, 6.07) is 6.05. The molecule has 3 heterocycles. The van der Waals surface area contributed by atoms with Gasteiger partial charge in [0.2, 0.25) is 11.8 Å². The number of fused-ring (bicyclic) bond motifs is 1. The number of aryl methyl sites for hydroxylation is 1. The number of benzene rings is 1. The molecule has 40 heavy (non-hydrogen) atoms. The maximum Gasteiger partial charge on any atom is 0.397 e. The molecule has 1 N–H and O–H groups in total. The van der Waals surface area contributed by atoms with Crippen molar-refractivity contribution in [3.05, 3.63) is 52.9 Å². The smallest absolute Gasteiger partial charge is 0.349 e.